The molecule has 9 nitrogen and oxygen atoms in total. The minimum absolute atomic E-state index is 0.183. The van der Waals surface area contributed by atoms with E-state index in [0.29, 0.717) is 5.01 Å². The first-order chi connectivity index (χ1) is 6.61. The third-order valence-corrected chi connectivity index (χ3v) is 1.63. The highest BCUT2D eigenvalue weighted by atomic mass is 16.7. The Labute approximate surface area is 78.5 Å². The fraction of sp³-hybridized carbons (Fsp3) is 1.00. The molecule has 0 aliphatic carbocycles. The van der Waals surface area contributed by atoms with Gasteiger partial charge in [-0.2, -0.15) is 0 Å². The molecule has 0 unspecified atom stereocenters. The standard InChI is InChI=1S/C5H9N3O6/c9-7(10)5-1-13-3-6(8(11)12)4-14-2-5/h5H,1-4H2. The first kappa shape index (κ1) is 10.6. The molecule has 0 aromatic heterocycles. The molecule has 0 saturated carbocycles. The molecule has 0 bridgehead atoms. The van der Waals surface area contributed by atoms with Gasteiger partial charge in [0.15, 0.2) is 18.5 Å². The van der Waals surface area contributed by atoms with Crippen molar-refractivity contribution in [1.82, 2.24) is 5.01 Å². The highest BCUT2D eigenvalue weighted by Crippen LogP contribution is 2.01. The third kappa shape index (κ3) is 2.78. The Balaban J connectivity index is 2.43. The number of hydrazine groups is 1. The summed E-state index contributed by atoms with van der Waals surface area (Å²) in [6.45, 7) is -0.983. The predicted octanol–water partition coefficient (Wildman–Crippen LogP) is -0.913. The lowest BCUT2D eigenvalue weighted by Gasteiger charge is -2.19. The molecule has 0 radical (unpaired) electrons. The van der Waals surface area contributed by atoms with Gasteiger partial charge in [0, 0.05) is 4.92 Å². The van der Waals surface area contributed by atoms with Crippen LogP contribution in [0.25, 0.3) is 0 Å². The predicted molar refractivity (Wildman–Crippen MR) is 41.3 cm³/mol. The second kappa shape index (κ2) is 4.67. The van der Waals surface area contributed by atoms with Crippen molar-refractivity contribution in [2.45, 2.75) is 6.04 Å². The zero-order chi connectivity index (χ0) is 10.6. The summed E-state index contributed by atoms with van der Waals surface area (Å²) in [6.07, 6.45) is 0. The average Bonchev–Trinajstić information content (AvgIpc) is 2.01. The first-order valence-electron chi connectivity index (χ1n) is 3.79. The van der Waals surface area contributed by atoms with Gasteiger partial charge in [0.2, 0.25) is 0 Å². The van der Waals surface area contributed by atoms with Gasteiger partial charge in [0.05, 0.1) is 0 Å². The van der Waals surface area contributed by atoms with Crippen LogP contribution >= 0.6 is 0 Å². The van der Waals surface area contributed by atoms with Crippen molar-refractivity contribution in [2.24, 2.45) is 0 Å². The average molecular weight is 207 g/mol. The summed E-state index contributed by atoms with van der Waals surface area (Å²) >= 11 is 0. The maximum absolute atomic E-state index is 10.3. The molecule has 14 heavy (non-hydrogen) atoms. The number of nitro groups is 2. The summed E-state index contributed by atoms with van der Waals surface area (Å²) < 4.78 is 9.57. The van der Waals surface area contributed by atoms with E-state index in [-0.39, 0.29) is 26.7 Å². The molecule has 0 aromatic carbocycles. The lowest BCUT2D eigenvalue weighted by molar-refractivity contribution is -0.676. The second-order valence-electron chi connectivity index (χ2n) is 2.68. The summed E-state index contributed by atoms with van der Waals surface area (Å²) in [4.78, 5) is 20.1. The van der Waals surface area contributed by atoms with E-state index in [2.05, 4.69) is 0 Å². The second-order valence-corrected chi connectivity index (χ2v) is 2.68. The molecule has 0 aromatic rings. The van der Waals surface area contributed by atoms with Gasteiger partial charge in [-0.05, 0) is 0 Å². The van der Waals surface area contributed by atoms with Crippen LogP contribution in [-0.4, -0.2) is 47.7 Å². The topological polar surface area (TPSA) is 108 Å². The van der Waals surface area contributed by atoms with Crippen molar-refractivity contribution in [3.05, 3.63) is 20.2 Å². The Morgan fingerprint density at radius 3 is 2.00 bits per heavy atom. The number of ether oxygens (including phenoxy) is 2. The van der Waals surface area contributed by atoms with Crippen LogP contribution in [0.5, 0.6) is 0 Å². The van der Waals surface area contributed by atoms with E-state index in [0.717, 1.165) is 0 Å². The Morgan fingerprint density at radius 2 is 1.64 bits per heavy atom. The molecule has 1 heterocycles. The fourth-order valence-corrected chi connectivity index (χ4v) is 0.890. The van der Waals surface area contributed by atoms with Crippen LogP contribution in [0.15, 0.2) is 0 Å². The molecule has 80 valence electrons. The molecule has 0 N–H and O–H groups in total. The zero-order valence-corrected chi connectivity index (χ0v) is 7.20. The van der Waals surface area contributed by atoms with Crippen molar-refractivity contribution in [3.8, 4) is 0 Å². The first-order valence-corrected chi connectivity index (χ1v) is 3.79. The third-order valence-electron chi connectivity index (χ3n) is 1.63. The molecule has 1 aliphatic rings. The summed E-state index contributed by atoms with van der Waals surface area (Å²) in [6, 6.07) is -0.955. The lowest BCUT2D eigenvalue weighted by atomic mass is 10.3. The van der Waals surface area contributed by atoms with E-state index in [1.165, 1.54) is 0 Å². The summed E-state index contributed by atoms with van der Waals surface area (Å²) in [7, 11) is 0. The Hall–Kier alpha value is -1.48. The van der Waals surface area contributed by atoms with E-state index in [4.69, 9.17) is 9.47 Å². The van der Waals surface area contributed by atoms with Crippen molar-refractivity contribution in [2.75, 3.05) is 26.7 Å². The van der Waals surface area contributed by atoms with Crippen LogP contribution in [0.2, 0.25) is 0 Å². The van der Waals surface area contributed by atoms with Crippen LogP contribution in [0.1, 0.15) is 0 Å². The number of rotatable bonds is 2. The number of nitrogens with zero attached hydrogens (tertiary/aromatic N) is 3. The van der Waals surface area contributed by atoms with Crippen molar-refractivity contribution >= 4 is 0 Å². The van der Waals surface area contributed by atoms with E-state index >= 15 is 0 Å². The zero-order valence-electron chi connectivity index (χ0n) is 7.20. The van der Waals surface area contributed by atoms with Crippen LogP contribution in [0.4, 0.5) is 0 Å². The minimum atomic E-state index is -0.955. The van der Waals surface area contributed by atoms with Crippen LogP contribution in [0.3, 0.4) is 0 Å². The molecule has 0 atom stereocenters. The SMILES string of the molecule is O=[N+]([O-])C1COCN([N+](=O)[O-])COC1. The lowest BCUT2D eigenvalue weighted by Crippen LogP contribution is -2.42. The van der Waals surface area contributed by atoms with Gasteiger partial charge in [-0.25, -0.2) is 10.1 Å². The molecule has 1 fully saturated rings. The maximum atomic E-state index is 10.3. The van der Waals surface area contributed by atoms with E-state index in [9.17, 15) is 20.2 Å². The maximum Gasteiger partial charge on any atom is 0.259 e. The quantitative estimate of drug-likeness (QED) is 0.425. The molecule has 0 amide bonds. The largest absolute Gasteiger partial charge is 0.348 e. The van der Waals surface area contributed by atoms with E-state index in [1.807, 2.05) is 0 Å². The highest BCUT2D eigenvalue weighted by Gasteiger charge is 2.26. The van der Waals surface area contributed by atoms with Crippen molar-refractivity contribution in [3.63, 3.8) is 0 Å². The normalized spacial score (nSPS) is 19.9. The fourth-order valence-electron chi connectivity index (χ4n) is 0.890. The Kier molecular flexibility index (Phi) is 3.54. The van der Waals surface area contributed by atoms with Gasteiger partial charge >= 0.3 is 0 Å². The molecule has 1 rings (SSSR count). The van der Waals surface area contributed by atoms with Gasteiger partial charge in [-0.1, -0.05) is 5.01 Å². The molecular formula is C5H9N3O6. The summed E-state index contributed by atoms with van der Waals surface area (Å²) in [5.74, 6) is 0. The smallest absolute Gasteiger partial charge is 0.259 e. The van der Waals surface area contributed by atoms with Gasteiger partial charge in [0.1, 0.15) is 13.2 Å². The number of hydrogen-bond donors (Lipinski definition) is 0. The van der Waals surface area contributed by atoms with E-state index < -0.39 is 16.0 Å². The monoisotopic (exact) mass is 207 g/mol. The summed E-state index contributed by atoms with van der Waals surface area (Å²) in [5, 5.41) is 20.6. The van der Waals surface area contributed by atoms with Crippen LogP contribution in [0, 0.1) is 20.2 Å². The molecule has 1 saturated heterocycles. The molecule has 9 heteroatoms. The molecular weight excluding hydrogens is 198 g/mol. The number of hydrogen-bond acceptors (Lipinski definition) is 6. The molecule has 0 spiro atoms. The van der Waals surface area contributed by atoms with Gasteiger partial charge in [0.25, 0.3) is 6.04 Å². The highest BCUT2D eigenvalue weighted by molar-refractivity contribution is 4.54. The minimum Gasteiger partial charge on any atom is -0.348 e. The van der Waals surface area contributed by atoms with Crippen LogP contribution < -0.4 is 0 Å². The van der Waals surface area contributed by atoms with Gasteiger partial charge < -0.3 is 9.47 Å². The van der Waals surface area contributed by atoms with Crippen molar-refractivity contribution < 1.29 is 19.4 Å². The van der Waals surface area contributed by atoms with Gasteiger partial charge in [-0.3, -0.25) is 10.1 Å². The van der Waals surface area contributed by atoms with Crippen molar-refractivity contribution in [1.29, 1.82) is 0 Å². The van der Waals surface area contributed by atoms with Crippen LogP contribution in [-0.2, 0) is 9.47 Å². The Bertz CT molecular complexity index is 202. The molecule has 1 aliphatic heterocycles. The van der Waals surface area contributed by atoms with Gasteiger partial charge in [-0.15, -0.1) is 0 Å². The Morgan fingerprint density at radius 1 is 1.14 bits per heavy atom. The van der Waals surface area contributed by atoms with E-state index in [1.54, 1.807) is 0 Å². The summed E-state index contributed by atoms with van der Waals surface area (Å²) in [5.41, 5.74) is 0.